The Morgan fingerprint density at radius 1 is 1.17 bits per heavy atom. The van der Waals surface area contributed by atoms with E-state index >= 15 is 0 Å². The maximum absolute atomic E-state index is 12.5. The number of carbonyl (C=O) groups excluding carboxylic acids is 1. The van der Waals surface area contributed by atoms with Crippen LogP contribution in [0.1, 0.15) is 29.4 Å². The van der Waals surface area contributed by atoms with E-state index in [1.807, 2.05) is 54.6 Å². The first-order chi connectivity index (χ1) is 11.3. The first-order valence-corrected chi connectivity index (χ1v) is 7.95. The first-order valence-electron chi connectivity index (χ1n) is 7.95. The normalized spacial score (nSPS) is 17.2. The number of hydrogen-bond acceptors (Lipinski definition) is 3. The van der Waals surface area contributed by atoms with Crippen molar-refractivity contribution in [1.82, 2.24) is 5.32 Å². The summed E-state index contributed by atoms with van der Waals surface area (Å²) in [5, 5.41) is 12.3. The van der Waals surface area contributed by atoms with E-state index < -0.39 is 0 Å². The minimum atomic E-state index is -0.253. The number of ether oxygens (including phenoxy) is 1. The SMILES string of the molecule is O=C(NCC(CCO)c1ccccc1)C1COc2ccccc21. The lowest BCUT2D eigenvalue weighted by atomic mass is 9.95. The van der Waals surface area contributed by atoms with Crippen molar-refractivity contribution >= 4 is 5.91 Å². The van der Waals surface area contributed by atoms with Gasteiger partial charge in [0.05, 0.1) is 0 Å². The summed E-state index contributed by atoms with van der Waals surface area (Å²) < 4.78 is 5.57. The number of carbonyl (C=O) groups is 1. The second kappa shape index (κ2) is 7.29. The van der Waals surface area contributed by atoms with Gasteiger partial charge in [-0.25, -0.2) is 0 Å². The van der Waals surface area contributed by atoms with Crippen molar-refractivity contribution in [2.75, 3.05) is 19.8 Å². The second-order valence-electron chi connectivity index (χ2n) is 5.77. The summed E-state index contributed by atoms with van der Waals surface area (Å²) in [5.41, 5.74) is 2.08. The van der Waals surface area contributed by atoms with Crippen LogP contribution in [0.25, 0.3) is 0 Å². The zero-order valence-electron chi connectivity index (χ0n) is 12.9. The minimum absolute atomic E-state index is 0.0196. The van der Waals surface area contributed by atoms with E-state index in [4.69, 9.17) is 4.74 Å². The molecule has 0 spiro atoms. The fourth-order valence-electron chi connectivity index (χ4n) is 2.99. The lowest BCUT2D eigenvalue weighted by Crippen LogP contribution is -2.33. The van der Waals surface area contributed by atoms with Crippen LogP contribution in [0.15, 0.2) is 54.6 Å². The van der Waals surface area contributed by atoms with E-state index in [1.165, 1.54) is 0 Å². The smallest absolute Gasteiger partial charge is 0.231 e. The van der Waals surface area contributed by atoms with Crippen LogP contribution in [0, 0.1) is 0 Å². The van der Waals surface area contributed by atoms with Crippen molar-refractivity contribution in [1.29, 1.82) is 0 Å². The molecule has 2 aromatic rings. The summed E-state index contributed by atoms with van der Waals surface area (Å²) in [6.07, 6.45) is 0.627. The largest absolute Gasteiger partial charge is 0.492 e. The van der Waals surface area contributed by atoms with Gasteiger partial charge in [0.2, 0.25) is 5.91 Å². The van der Waals surface area contributed by atoms with Crippen LogP contribution in [0.5, 0.6) is 5.75 Å². The molecule has 0 saturated heterocycles. The monoisotopic (exact) mass is 311 g/mol. The molecule has 0 fully saturated rings. The molecule has 3 rings (SSSR count). The van der Waals surface area contributed by atoms with Gasteiger partial charge in [-0.2, -0.15) is 0 Å². The Kier molecular flexibility index (Phi) is 4.93. The number of fused-ring (bicyclic) bond motifs is 1. The van der Waals surface area contributed by atoms with Crippen molar-refractivity contribution in [2.24, 2.45) is 0 Å². The van der Waals surface area contributed by atoms with Crippen LogP contribution in [0.4, 0.5) is 0 Å². The van der Waals surface area contributed by atoms with Gasteiger partial charge < -0.3 is 15.2 Å². The van der Waals surface area contributed by atoms with Gasteiger partial charge in [-0.15, -0.1) is 0 Å². The number of aliphatic hydroxyl groups is 1. The van der Waals surface area contributed by atoms with Gasteiger partial charge >= 0.3 is 0 Å². The lowest BCUT2D eigenvalue weighted by molar-refractivity contribution is -0.122. The van der Waals surface area contributed by atoms with Crippen molar-refractivity contribution < 1.29 is 14.6 Å². The molecule has 4 nitrogen and oxygen atoms in total. The van der Waals surface area contributed by atoms with Crippen molar-refractivity contribution in [3.8, 4) is 5.75 Å². The van der Waals surface area contributed by atoms with Crippen molar-refractivity contribution in [3.63, 3.8) is 0 Å². The van der Waals surface area contributed by atoms with Gasteiger partial charge in [-0.3, -0.25) is 4.79 Å². The Morgan fingerprint density at radius 2 is 1.91 bits per heavy atom. The van der Waals surface area contributed by atoms with E-state index in [0.29, 0.717) is 19.6 Å². The number of amides is 1. The third kappa shape index (κ3) is 3.54. The summed E-state index contributed by atoms with van der Waals surface area (Å²) >= 11 is 0. The molecule has 0 bridgehead atoms. The standard InChI is InChI=1S/C19H21NO3/c21-11-10-15(14-6-2-1-3-7-14)12-20-19(22)17-13-23-18-9-5-4-8-16(17)18/h1-9,15,17,21H,10-13H2,(H,20,22). The number of benzene rings is 2. The molecule has 2 unspecified atom stereocenters. The van der Waals surface area contributed by atoms with E-state index in [-0.39, 0.29) is 24.3 Å². The van der Waals surface area contributed by atoms with Gasteiger partial charge in [0.1, 0.15) is 18.3 Å². The zero-order chi connectivity index (χ0) is 16.1. The number of hydrogen-bond donors (Lipinski definition) is 2. The molecule has 120 valence electrons. The highest BCUT2D eigenvalue weighted by Crippen LogP contribution is 2.33. The second-order valence-corrected chi connectivity index (χ2v) is 5.77. The molecular weight excluding hydrogens is 290 g/mol. The topological polar surface area (TPSA) is 58.6 Å². The Balaban J connectivity index is 1.64. The average Bonchev–Trinajstić information content (AvgIpc) is 3.03. The molecule has 1 aliphatic rings. The molecule has 1 heterocycles. The average molecular weight is 311 g/mol. The number of rotatable bonds is 6. The molecule has 2 aromatic carbocycles. The Labute approximate surface area is 136 Å². The molecule has 23 heavy (non-hydrogen) atoms. The van der Waals surface area contributed by atoms with Crippen molar-refractivity contribution in [2.45, 2.75) is 18.3 Å². The third-order valence-corrected chi connectivity index (χ3v) is 4.29. The molecule has 0 aromatic heterocycles. The molecule has 0 saturated carbocycles. The highest BCUT2D eigenvalue weighted by molar-refractivity contribution is 5.85. The Hall–Kier alpha value is -2.33. The summed E-state index contributed by atoms with van der Waals surface area (Å²) in [7, 11) is 0. The summed E-state index contributed by atoms with van der Waals surface area (Å²) in [6, 6.07) is 17.6. The molecule has 0 aliphatic carbocycles. The predicted octanol–water partition coefficient (Wildman–Crippen LogP) is 2.45. The van der Waals surface area contributed by atoms with E-state index in [1.54, 1.807) is 0 Å². The van der Waals surface area contributed by atoms with Crippen molar-refractivity contribution in [3.05, 3.63) is 65.7 Å². The van der Waals surface area contributed by atoms with Crippen LogP contribution in [-0.4, -0.2) is 30.8 Å². The maximum atomic E-state index is 12.5. The van der Waals surface area contributed by atoms with E-state index in [2.05, 4.69) is 5.32 Å². The molecule has 2 atom stereocenters. The summed E-state index contributed by atoms with van der Waals surface area (Å²) in [5.74, 6) is 0.635. The number of para-hydroxylation sites is 1. The molecule has 0 radical (unpaired) electrons. The van der Waals surface area contributed by atoms with Crippen LogP contribution in [0.2, 0.25) is 0 Å². The lowest BCUT2D eigenvalue weighted by Gasteiger charge is -2.18. The number of nitrogens with one attached hydrogen (secondary N) is 1. The summed E-state index contributed by atoms with van der Waals surface area (Å²) in [4.78, 5) is 12.5. The fraction of sp³-hybridized carbons (Fsp3) is 0.316. The zero-order valence-corrected chi connectivity index (χ0v) is 12.9. The highest BCUT2D eigenvalue weighted by Gasteiger charge is 2.30. The van der Waals surface area contributed by atoms with Gasteiger partial charge in [0.25, 0.3) is 0 Å². The fourth-order valence-corrected chi connectivity index (χ4v) is 2.99. The minimum Gasteiger partial charge on any atom is -0.492 e. The van der Waals surface area contributed by atoms with Gasteiger partial charge in [-0.05, 0) is 18.1 Å². The maximum Gasteiger partial charge on any atom is 0.231 e. The van der Waals surface area contributed by atoms with Gasteiger partial charge in [0, 0.05) is 24.6 Å². The van der Waals surface area contributed by atoms with Crippen LogP contribution >= 0.6 is 0 Å². The summed E-state index contributed by atoms with van der Waals surface area (Å²) in [6.45, 7) is 1.01. The molecule has 2 N–H and O–H groups in total. The van der Waals surface area contributed by atoms with E-state index in [0.717, 1.165) is 16.9 Å². The Bertz CT molecular complexity index is 657. The molecular formula is C19H21NO3. The van der Waals surface area contributed by atoms with E-state index in [9.17, 15) is 9.90 Å². The highest BCUT2D eigenvalue weighted by atomic mass is 16.5. The van der Waals surface area contributed by atoms with Crippen LogP contribution < -0.4 is 10.1 Å². The molecule has 1 aliphatic heterocycles. The third-order valence-electron chi connectivity index (χ3n) is 4.29. The first kappa shape index (κ1) is 15.6. The number of aliphatic hydroxyl groups excluding tert-OH is 1. The van der Waals surface area contributed by atoms with Gasteiger partial charge in [0.15, 0.2) is 0 Å². The molecule has 1 amide bonds. The quantitative estimate of drug-likeness (QED) is 0.861. The Morgan fingerprint density at radius 3 is 2.70 bits per heavy atom. The predicted molar refractivity (Wildman–Crippen MR) is 88.6 cm³/mol. The van der Waals surface area contributed by atoms with Gasteiger partial charge in [-0.1, -0.05) is 48.5 Å². The van der Waals surface area contributed by atoms with Crippen LogP contribution in [0.3, 0.4) is 0 Å². The van der Waals surface area contributed by atoms with Crippen LogP contribution in [-0.2, 0) is 4.79 Å². The molecule has 4 heteroatoms.